The molecule has 1 aliphatic carbocycles. The second-order valence-electron chi connectivity index (χ2n) is 13.1. The van der Waals surface area contributed by atoms with Gasteiger partial charge in [-0.05, 0) is 87.6 Å². The molecule has 1 fully saturated rings. The molecule has 1 saturated carbocycles. The van der Waals surface area contributed by atoms with Gasteiger partial charge in [0.25, 0.3) is 10.0 Å². The van der Waals surface area contributed by atoms with Gasteiger partial charge < -0.3 is 19.2 Å². The van der Waals surface area contributed by atoms with E-state index in [2.05, 4.69) is 14.7 Å². The summed E-state index contributed by atoms with van der Waals surface area (Å²) in [5.41, 5.74) is 1.97. The quantitative estimate of drug-likeness (QED) is 0.154. The number of nitrogens with one attached hydrogen (secondary N) is 1. The Morgan fingerprint density at radius 3 is 2.43 bits per heavy atom. The van der Waals surface area contributed by atoms with E-state index in [-0.39, 0.29) is 18.0 Å². The van der Waals surface area contributed by atoms with Crippen LogP contribution >= 0.6 is 0 Å². The summed E-state index contributed by atoms with van der Waals surface area (Å²) in [5.74, 6) is 2.10. The fraction of sp³-hybridized carbons (Fsp3) is 0.417. The Morgan fingerprint density at radius 1 is 1.04 bits per heavy atom. The first-order valence-electron chi connectivity index (χ1n) is 16.2. The molecule has 2 N–H and O–H groups in total. The van der Waals surface area contributed by atoms with Crippen LogP contribution in [0.3, 0.4) is 0 Å². The number of hydrogen-bond acceptors (Lipinski definition) is 8. The van der Waals surface area contributed by atoms with Crippen molar-refractivity contribution in [1.29, 1.82) is 0 Å². The fourth-order valence-corrected chi connectivity index (χ4v) is 6.73. The maximum Gasteiger partial charge on any atom is 0.410 e. The number of amides is 1. The van der Waals surface area contributed by atoms with Crippen molar-refractivity contribution in [1.82, 2.24) is 14.9 Å². The first-order valence-corrected chi connectivity index (χ1v) is 17.7. The molecule has 2 heterocycles. The number of sulfonamides is 1. The van der Waals surface area contributed by atoms with E-state index in [0.717, 1.165) is 29.9 Å². The zero-order valence-electron chi connectivity index (χ0n) is 27.3. The molecule has 0 radical (unpaired) electrons. The molecule has 0 spiro atoms. The second kappa shape index (κ2) is 15.1. The topological polar surface area (TPSA) is 135 Å². The summed E-state index contributed by atoms with van der Waals surface area (Å²) < 4.78 is 40.4. The average Bonchev–Trinajstić information content (AvgIpc) is 3.75. The predicted molar refractivity (Wildman–Crippen MR) is 180 cm³/mol. The van der Waals surface area contributed by atoms with E-state index in [4.69, 9.17) is 9.15 Å². The van der Waals surface area contributed by atoms with Crippen molar-refractivity contribution < 1.29 is 27.5 Å². The summed E-state index contributed by atoms with van der Waals surface area (Å²) in [6.45, 7) is 5.70. The lowest BCUT2D eigenvalue weighted by molar-refractivity contribution is 0.0146. The van der Waals surface area contributed by atoms with E-state index in [1.54, 1.807) is 100 Å². The van der Waals surface area contributed by atoms with E-state index >= 15 is 0 Å². The Labute approximate surface area is 277 Å². The Morgan fingerprint density at radius 2 is 1.77 bits per heavy atom. The van der Waals surface area contributed by atoms with E-state index in [1.807, 2.05) is 0 Å². The molecule has 0 saturated heterocycles. The standard InChI is InChI=1S/C36H44N4O6S/c1-36(2,3)46-35(42)40(25-32(41)29-9-6-21-37-23-29)22-20-27-10-15-30(16-11-27)39-47(43,44)31-17-13-28(14-18-31)33-24-38-34(45-33)19-12-26-7-4-5-8-26/h6,9-11,13-18,21,23-24,26,32,39,41H,4-5,7-8,12,19-20,22,25H2,1-3H3. The first-order chi connectivity index (χ1) is 22.4. The summed E-state index contributed by atoms with van der Waals surface area (Å²) in [4.78, 5) is 23.0. The number of nitrogens with zero attached hydrogens (tertiary/aromatic N) is 3. The molecular formula is C36H44N4O6S. The van der Waals surface area contributed by atoms with Crippen molar-refractivity contribution in [3.63, 3.8) is 0 Å². The van der Waals surface area contributed by atoms with Crippen molar-refractivity contribution in [2.45, 2.75) is 82.3 Å². The van der Waals surface area contributed by atoms with Crippen LogP contribution in [-0.4, -0.2) is 53.2 Å². The van der Waals surface area contributed by atoms with Crippen LogP contribution in [0, 0.1) is 5.92 Å². The van der Waals surface area contributed by atoms with Crippen LogP contribution in [0.4, 0.5) is 10.5 Å². The van der Waals surface area contributed by atoms with Gasteiger partial charge in [0.05, 0.1) is 23.7 Å². The lowest BCUT2D eigenvalue weighted by Crippen LogP contribution is -2.40. The van der Waals surface area contributed by atoms with Gasteiger partial charge in [-0.15, -0.1) is 0 Å². The number of ether oxygens (including phenoxy) is 1. The zero-order valence-corrected chi connectivity index (χ0v) is 28.1. The largest absolute Gasteiger partial charge is 0.444 e. The third-order valence-electron chi connectivity index (χ3n) is 8.23. The van der Waals surface area contributed by atoms with Gasteiger partial charge in [-0.25, -0.2) is 18.2 Å². The monoisotopic (exact) mass is 660 g/mol. The number of oxazole rings is 1. The molecule has 10 nitrogen and oxygen atoms in total. The summed E-state index contributed by atoms with van der Waals surface area (Å²) >= 11 is 0. The van der Waals surface area contributed by atoms with Crippen molar-refractivity contribution in [2.24, 2.45) is 5.92 Å². The molecule has 5 rings (SSSR count). The molecule has 11 heteroatoms. The van der Waals surface area contributed by atoms with Gasteiger partial charge in [0, 0.05) is 42.2 Å². The average molecular weight is 661 g/mol. The minimum Gasteiger partial charge on any atom is -0.444 e. The molecule has 1 amide bonds. The Bertz CT molecular complexity index is 1690. The number of anilines is 1. The molecular weight excluding hydrogens is 616 g/mol. The normalized spacial score (nSPS) is 14.6. The van der Waals surface area contributed by atoms with Crippen LogP contribution in [0.5, 0.6) is 0 Å². The lowest BCUT2D eigenvalue weighted by atomic mass is 10.0. The number of aliphatic hydroxyl groups excluding tert-OH is 1. The number of hydrogen-bond donors (Lipinski definition) is 2. The molecule has 1 aliphatic rings. The molecule has 47 heavy (non-hydrogen) atoms. The Hall–Kier alpha value is -4.22. The summed E-state index contributed by atoms with van der Waals surface area (Å²) in [7, 11) is -3.83. The highest BCUT2D eigenvalue weighted by Gasteiger charge is 2.25. The molecule has 250 valence electrons. The highest BCUT2D eigenvalue weighted by atomic mass is 32.2. The maximum absolute atomic E-state index is 13.1. The third kappa shape index (κ3) is 9.89. The number of aryl methyl sites for hydroxylation is 1. The van der Waals surface area contributed by atoms with Crippen molar-refractivity contribution >= 4 is 21.8 Å². The zero-order chi connectivity index (χ0) is 33.4. The first kappa shape index (κ1) is 34.1. The van der Waals surface area contributed by atoms with Gasteiger partial charge in [-0.3, -0.25) is 9.71 Å². The number of carbonyl (C=O) groups excluding carboxylic acids is 1. The molecule has 2 aromatic carbocycles. The smallest absolute Gasteiger partial charge is 0.410 e. The SMILES string of the molecule is CC(C)(C)OC(=O)N(CCc1ccc(NS(=O)(=O)c2ccc(-c3cnc(CCC4CCCC4)o3)cc2)cc1)CC(O)c1cccnc1. The molecule has 4 aromatic rings. The van der Waals surface area contributed by atoms with Gasteiger partial charge in [-0.1, -0.05) is 43.9 Å². The molecule has 1 atom stereocenters. The summed E-state index contributed by atoms with van der Waals surface area (Å²) in [6, 6.07) is 17.0. The minimum absolute atomic E-state index is 0.0370. The third-order valence-corrected chi connectivity index (χ3v) is 9.63. The van der Waals surface area contributed by atoms with E-state index < -0.39 is 27.8 Å². The fourth-order valence-electron chi connectivity index (χ4n) is 5.67. The summed E-state index contributed by atoms with van der Waals surface area (Å²) in [6.07, 6.45) is 11.0. The number of carbonyl (C=O) groups is 1. The van der Waals surface area contributed by atoms with Crippen LogP contribution in [0.15, 0.2) is 88.6 Å². The summed E-state index contributed by atoms with van der Waals surface area (Å²) in [5, 5.41) is 10.7. The minimum atomic E-state index is -3.83. The number of benzene rings is 2. The highest BCUT2D eigenvalue weighted by Crippen LogP contribution is 2.30. The molecule has 0 aliphatic heterocycles. The molecule has 2 aromatic heterocycles. The van der Waals surface area contributed by atoms with Crippen LogP contribution in [0.1, 0.15) is 76.0 Å². The Balaban J connectivity index is 1.17. The van der Waals surface area contributed by atoms with E-state index in [0.29, 0.717) is 29.3 Å². The van der Waals surface area contributed by atoms with E-state index in [9.17, 15) is 18.3 Å². The number of aliphatic hydroxyl groups is 1. The Kier molecular flexibility index (Phi) is 11.0. The second-order valence-corrected chi connectivity index (χ2v) is 14.8. The highest BCUT2D eigenvalue weighted by molar-refractivity contribution is 7.92. The number of pyridine rings is 1. The predicted octanol–water partition coefficient (Wildman–Crippen LogP) is 7.17. The number of aromatic nitrogens is 2. The van der Waals surface area contributed by atoms with Crippen LogP contribution in [0.2, 0.25) is 0 Å². The van der Waals surface area contributed by atoms with E-state index in [1.165, 1.54) is 30.6 Å². The van der Waals surface area contributed by atoms with Crippen LogP contribution < -0.4 is 4.72 Å². The van der Waals surface area contributed by atoms with Crippen LogP contribution in [-0.2, 0) is 27.6 Å². The molecule has 1 unspecified atom stereocenters. The van der Waals surface area contributed by atoms with Gasteiger partial charge in [0.1, 0.15) is 5.60 Å². The van der Waals surface area contributed by atoms with Crippen molar-refractivity contribution in [2.75, 3.05) is 17.8 Å². The maximum atomic E-state index is 13.1. The van der Waals surface area contributed by atoms with Crippen LogP contribution in [0.25, 0.3) is 11.3 Å². The van der Waals surface area contributed by atoms with Gasteiger partial charge in [0.15, 0.2) is 11.7 Å². The van der Waals surface area contributed by atoms with Gasteiger partial charge in [-0.2, -0.15) is 0 Å². The van der Waals surface area contributed by atoms with Gasteiger partial charge >= 0.3 is 6.09 Å². The number of rotatable bonds is 13. The van der Waals surface area contributed by atoms with Gasteiger partial charge in [0.2, 0.25) is 0 Å². The van der Waals surface area contributed by atoms with Crippen molar-refractivity contribution in [3.8, 4) is 11.3 Å². The molecule has 0 bridgehead atoms. The lowest BCUT2D eigenvalue weighted by Gasteiger charge is -2.29. The van der Waals surface area contributed by atoms with Crippen molar-refractivity contribution in [3.05, 3.63) is 96.3 Å².